The van der Waals surface area contributed by atoms with Crippen molar-refractivity contribution in [3.8, 4) is 0 Å². The van der Waals surface area contributed by atoms with Gasteiger partial charge in [-0.05, 0) is 0 Å². The third-order valence-corrected chi connectivity index (χ3v) is 2.53. The van der Waals surface area contributed by atoms with Crippen molar-refractivity contribution in [1.82, 2.24) is 25.0 Å². The molecule has 0 aliphatic rings. The van der Waals surface area contributed by atoms with E-state index in [9.17, 15) is 9.59 Å². The standard InChI is InChI=1S/C11H14N6O3/c1-2-8-13-9(5-10(18)14-8)12-3-4-17-6-7(11(19)20)15-16-17/h5-6H,2-4H2,1H3,(H,19,20)(H2,12,13,14,18). The van der Waals surface area contributed by atoms with Gasteiger partial charge in [0.25, 0.3) is 5.56 Å². The highest BCUT2D eigenvalue weighted by atomic mass is 16.4. The molecule has 0 aliphatic carbocycles. The fourth-order valence-corrected chi connectivity index (χ4v) is 1.57. The second kappa shape index (κ2) is 5.95. The zero-order valence-electron chi connectivity index (χ0n) is 10.8. The van der Waals surface area contributed by atoms with Crippen molar-refractivity contribution in [1.29, 1.82) is 0 Å². The van der Waals surface area contributed by atoms with Crippen LogP contribution in [-0.4, -0.2) is 42.6 Å². The Hall–Kier alpha value is -2.71. The van der Waals surface area contributed by atoms with E-state index in [1.54, 1.807) is 0 Å². The lowest BCUT2D eigenvalue weighted by atomic mass is 10.4. The molecule has 3 N–H and O–H groups in total. The van der Waals surface area contributed by atoms with Crippen molar-refractivity contribution in [3.05, 3.63) is 34.1 Å². The minimum Gasteiger partial charge on any atom is -0.476 e. The zero-order valence-corrected chi connectivity index (χ0v) is 10.8. The molecule has 0 saturated carbocycles. The molecule has 9 heteroatoms. The van der Waals surface area contributed by atoms with Crippen LogP contribution in [0.1, 0.15) is 23.2 Å². The van der Waals surface area contributed by atoms with Crippen LogP contribution in [-0.2, 0) is 13.0 Å². The van der Waals surface area contributed by atoms with Crippen LogP contribution < -0.4 is 10.9 Å². The van der Waals surface area contributed by atoms with Crippen molar-refractivity contribution in [2.24, 2.45) is 0 Å². The van der Waals surface area contributed by atoms with Crippen molar-refractivity contribution in [2.75, 3.05) is 11.9 Å². The second-order valence-corrected chi connectivity index (χ2v) is 4.03. The molecular weight excluding hydrogens is 264 g/mol. The number of aryl methyl sites for hydroxylation is 1. The molecule has 0 unspecified atom stereocenters. The number of aromatic nitrogens is 5. The van der Waals surface area contributed by atoms with Crippen LogP contribution in [0.3, 0.4) is 0 Å². The van der Waals surface area contributed by atoms with Gasteiger partial charge in [0, 0.05) is 19.0 Å². The summed E-state index contributed by atoms with van der Waals surface area (Å²) in [6.07, 6.45) is 1.97. The quantitative estimate of drug-likeness (QED) is 0.664. The Kier molecular flexibility index (Phi) is 4.08. The zero-order chi connectivity index (χ0) is 14.5. The van der Waals surface area contributed by atoms with Gasteiger partial charge in [-0.1, -0.05) is 12.1 Å². The maximum Gasteiger partial charge on any atom is 0.358 e. The molecule has 0 spiro atoms. The van der Waals surface area contributed by atoms with E-state index in [-0.39, 0.29) is 11.3 Å². The topological polar surface area (TPSA) is 126 Å². The van der Waals surface area contributed by atoms with Crippen LogP contribution >= 0.6 is 0 Å². The van der Waals surface area contributed by atoms with Gasteiger partial charge in [0.2, 0.25) is 0 Å². The molecule has 20 heavy (non-hydrogen) atoms. The summed E-state index contributed by atoms with van der Waals surface area (Å²) in [6, 6.07) is 1.36. The van der Waals surface area contributed by atoms with E-state index in [4.69, 9.17) is 5.11 Å². The van der Waals surface area contributed by atoms with Gasteiger partial charge >= 0.3 is 5.97 Å². The molecule has 0 radical (unpaired) electrons. The molecule has 106 valence electrons. The number of hydrogen-bond donors (Lipinski definition) is 3. The Labute approximate surface area is 113 Å². The summed E-state index contributed by atoms with van der Waals surface area (Å²) in [5, 5.41) is 18.9. The molecule has 9 nitrogen and oxygen atoms in total. The largest absolute Gasteiger partial charge is 0.476 e. The molecule has 0 saturated heterocycles. The van der Waals surface area contributed by atoms with Crippen LogP contribution in [0.4, 0.5) is 5.82 Å². The average Bonchev–Trinajstić information content (AvgIpc) is 2.87. The lowest BCUT2D eigenvalue weighted by Gasteiger charge is -2.06. The number of rotatable bonds is 6. The Morgan fingerprint density at radius 3 is 3.00 bits per heavy atom. The number of nitrogens with one attached hydrogen (secondary N) is 2. The number of anilines is 1. The smallest absolute Gasteiger partial charge is 0.358 e. The summed E-state index contributed by atoms with van der Waals surface area (Å²) in [5.74, 6) is -0.0360. The Morgan fingerprint density at radius 1 is 1.55 bits per heavy atom. The number of carboxylic acids is 1. The lowest BCUT2D eigenvalue weighted by Crippen LogP contribution is -2.16. The first-order chi connectivity index (χ1) is 9.58. The fraction of sp³-hybridized carbons (Fsp3) is 0.364. The SMILES string of the molecule is CCc1nc(NCCn2cc(C(=O)O)nn2)cc(=O)[nH]1. The van der Waals surface area contributed by atoms with E-state index in [0.29, 0.717) is 31.2 Å². The maximum absolute atomic E-state index is 11.4. The second-order valence-electron chi connectivity index (χ2n) is 4.03. The molecule has 0 atom stereocenters. The predicted molar refractivity (Wildman–Crippen MR) is 69.7 cm³/mol. The number of aromatic amines is 1. The summed E-state index contributed by atoms with van der Waals surface area (Å²) in [6.45, 7) is 2.75. The fourth-order valence-electron chi connectivity index (χ4n) is 1.57. The minimum atomic E-state index is -1.12. The van der Waals surface area contributed by atoms with Gasteiger partial charge in [0.15, 0.2) is 5.69 Å². The van der Waals surface area contributed by atoms with E-state index >= 15 is 0 Å². The normalized spacial score (nSPS) is 10.4. The summed E-state index contributed by atoms with van der Waals surface area (Å²) >= 11 is 0. The number of carboxylic acid groups (broad SMARTS) is 1. The highest BCUT2D eigenvalue weighted by Gasteiger charge is 2.07. The van der Waals surface area contributed by atoms with Crippen LogP contribution in [0.25, 0.3) is 0 Å². The van der Waals surface area contributed by atoms with E-state index in [2.05, 4.69) is 25.6 Å². The van der Waals surface area contributed by atoms with Gasteiger partial charge in [0.05, 0.1) is 12.7 Å². The Balaban J connectivity index is 1.93. The van der Waals surface area contributed by atoms with Crippen LogP contribution in [0.2, 0.25) is 0 Å². The molecule has 2 aromatic heterocycles. The van der Waals surface area contributed by atoms with E-state index in [0.717, 1.165) is 0 Å². The molecule has 0 amide bonds. The van der Waals surface area contributed by atoms with E-state index in [1.165, 1.54) is 16.9 Å². The van der Waals surface area contributed by atoms with Crippen molar-refractivity contribution < 1.29 is 9.90 Å². The van der Waals surface area contributed by atoms with Gasteiger partial charge in [0.1, 0.15) is 11.6 Å². The van der Waals surface area contributed by atoms with Crippen LogP contribution in [0.15, 0.2) is 17.1 Å². The van der Waals surface area contributed by atoms with Gasteiger partial charge in [-0.15, -0.1) is 5.10 Å². The Morgan fingerprint density at radius 2 is 2.35 bits per heavy atom. The molecule has 0 aromatic carbocycles. The molecule has 0 fully saturated rings. The highest BCUT2D eigenvalue weighted by Crippen LogP contribution is 1.99. The summed E-state index contributed by atoms with van der Waals surface area (Å²) in [4.78, 5) is 28.8. The third-order valence-electron chi connectivity index (χ3n) is 2.53. The third kappa shape index (κ3) is 3.40. The number of carbonyl (C=O) groups is 1. The molecular formula is C11H14N6O3. The Bertz CT molecular complexity index is 662. The monoisotopic (exact) mass is 278 g/mol. The van der Waals surface area contributed by atoms with Crippen molar-refractivity contribution >= 4 is 11.8 Å². The average molecular weight is 278 g/mol. The number of hydrogen-bond acceptors (Lipinski definition) is 6. The van der Waals surface area contributed by atoms with Gasteiger partial charge in [-0.2, -0.15) is 0 Å². The summed E-state index contributed by atoms with van der Waals surface area (Å²) < 4.78 is 1.41. The van der Waals surface area contributed by atoms with Crippen LogP contribution in [0, 0.1) is 0 Å². The lowest BCUT2D eigenvalue weighted by molar-refractivity contribution is 0.0690. The van der Waals surface area contributed by atoms with Gasteiger partial charge < -0.3 is 15.4 Å². The first kappa shape index (κ1) is 13.7. The minimum absolute atomic E-state index is 0.104. The first-order valence-corrected chi connectivity index (χ1v) is 6.06. The molecule has 2 heterocycles. The van der Waals surface area contributed by atoms with E-state index < -0.39 is 5.97 Å². The van der Waals surface area contributed by atoms with E-state index in [1.807, 2.05) is 6.92 Å². The van der Waals surface area contributed by atoms with Crippen LogP contribution in [0.5, 0.6) is 0 Å². The van der Waals surface area contributed by atoms with Crippen molar-refractivity contribution in [2.45, 2.75) is 19.9 Å². The molecule has 0 aliphatic heterocycles. The molecule has 2 aromatic rings. The maximum atomic E-state index is 11.4. The molecule has 2 rings (SSSR count). The predicted octanol–water partition coefficient (Wildman–Crippen LogP) is -0.266. The number of aromatic carboxylic acids is 1. The summed E-state index contributed by atoms with van der Waals surface area (Å²) in [5.41, 5.74) is -0.319. The van der Waals surface area contributed by atoms with Gasteiger partial charge in [-0.25, -0.2) is 14.5 Å². The highest BCUT2D eigenvalue weighted by molar-refractivity contribution is 5.84. The number of H-pyrrole nitrogens is 1. The number of nitrogens with zero attached hydrogens (tertiary/aromatic N) is 4. The summed E-state index contributed by atoms with van der Waals surface area (Å²) in [7, 11) is 0. The van der Waals surface area contributed by atoms with Gasteiger partial charge in [-0.3, -0.25) is 4.79 Å². The molecule has 0 bridgehead atoms. The first-order valence-electron chi connectivity index (χ1n) is 6.06. The van der Waals surface area contributed by atoms with Crippen molar-refractivity contribution in [3.63, 3.8) is 0 Å².